The number of benzene rings is 2. The topological polar surface area (TPSA) is 72.6 Å². The summed E-state index contributed by atoms with van der Waals surface area (Å²) in [6, 6.07) is 17.4. The van der Waals surface area contributed by atoms with E-state index in [0.29, 0.717) is 19.4 Å². The fourth-order valence-electron chi connectivity index (χ4n) is 3.53. The highest BCUT2D eigenvalue weighted by atomic mass is 79.9. The zero-order valence-electron chi connectivity index (χ0n) is 15.2. The second kappa shape index (κ2) is 8.13. The number of rotatable bonds is 6. The van der Waals surface area contributed by atoms with Gasteiger partial charge in [-0.15, -0.1) is 0 Å². The Kier molecular flexibility index (Phi) is 5.85. The molecule has 6 heteroatoms. The molecule has 1 saturated heterocycles. The SMILES string of the molecule is CC(c1ccc(Br)cc1)N1CCC(CCC(N)=O)(c2ccccc2)OC1=O. The first-order valence-electron chi connectivity index (χ1n) is 9.00. The Bertz CT molecular complexity index is 810. The minimum absolute atomic E-state index is 0.101. The van der Waals surface area contributed by atoms with Crippen LogP contribution < -0.4 is 5.73 Å². The van der Waals surface area contributed by atoms with Crippen LogP contribution in [0.3, 0.4) is 0 Å². The van der Waals surface area contributed by atoms with Crippen LogP contribution in [-0.4, -0.2) is 23.4 Å². The lowest BCUT2D eigenvalue weighted by atomic mass is 9.84. The summed E-state index contributed by atoms with van der Waals surface area (Å²) in [6.07, 6.45) is 0.796. The minimum Gasteiger partial charge on any atom is -0.438 e. The van der Waals surface area contributed by atoms with Gasteiger partial charge in [0.25, 0.3) is 0 Å². The molecular formula is C21H23BrN2O3. The molecule has 0 spiro atoms. The Morgan fingerprint density at radius 2 is 1.89 bits per heavy atom. The lowest BCUT2D eigenvalue weighted by molar-refractivity contribution is -0.121. The smallest absolute Gasteiger partial charge is 0.411 e. The highest BCUT2D eigenvalue weighted by molar-refractivity contribution is 9.10. The van der Waals surface area contributed by atoms with Gasteiger partial charge >= 0.3 is 6.09 Å². The van der Waals surface area contributed by atoms with E-state index in [1.807, 2.05) is 61.5 Å². The third kappa shape index (κ3) is 4.33. The Labute approximate surface area is 167 Å². The summed E-state index contributed by atoms with van der Waals surface area (Å²) in [5.41, 5.74) is 6.47. The molecule has 1 aliphatic heterocycles. The van der Waals surface area contributed by atoms with Crippen LogP contribution in [0.1, 0.15) is 43.4 Å². The monoisotopic (exact) mass is 430 g/mol. The molecule has 2 unspecified atom stereocenters. The number of amides is 2. The Balaban J connectivity index is 1.82. The number of halogens is 1. The van der Waals surface area contributed by atoms with Crippen LogP contribution in [0.2, 0.25) is 0 Å². The molecule has 5 nitrogen and oxygen atoms in total. The minimum atomic E-state index is -0.816. The molecule has 0 aromatic heterocycles. The summed E-state index contributed by atoms with van der Waals surface area (Å²) in [5.74, 6) is -0.396. The summed E-state index contributed by atoms with van der Waals surface area (Å²) in [6.45, 7) is 2.53. The normalized spacial score (nSPS) is 20.8. The van der Waals surface area contributed by atoms with Gasteiger partial charge in [0.15, 0.2) is 0 Å². The van der Waals surface area contributed by atoms with E-state index in [2.05, 4.69) is 15.9 Å². The third-order valence-electron chi connectivity index (χ3n) is 5.17. The molecule has 0 saturated carbocycles. The van der Waals surface area contributed by atoms with Crippen LogP contribution in [-0.2, 0) is 15.1 Å². The third-order valence-corrected chi connectivity index (χ3v) is 5.70. The molecule has 0 bridgehead atoms. The highest BCUT2D eigenvalue weighted by Gasteiger charge is 2.43. The van der Waals surface area contributed by atoms with Crippen molar-refractivity contribution in [2.75, 3.05) is 6.54 Å². The van der Waals surface area contributed by atoms with Crippen LogP contribution in [0.5, 0.6) is 0 Å². The number of cyclic esters (lactones) is 1. The predicted octanol–water partition coefficient (Wildman–Crippen LogP) is 4.51. The molecule has 0 aliphatic carbocycles. The lowest BCUT2D eigenvalue weighted by Gasteiger charge is -2.43. The zero-order valence-corrected chi connectivity index (χ0v) is 16.8. The van der Waals surface area contributed by atoms with Gasteiger partial charge in [-0.1, -0.05) is 58.4 Å². The fourth-order valence-corrected chi connectivity index (χ4v) is 3.80. The van der Waals surface area contributed by atoms with E-state index in [-0.39, 0.29) is 18.6 Å². The van der Waals surface area contributed by atoms with Gasteiger partial charge in [0.1, 0.15) is 5.60 Å². The van der Waals surface area contributed by atoms with Gasteiger partial charge < -0.3 is 15.4 Å². The second-order valence-corrected chi connectivity index (χ2v) is 7.78. The molecule has 27 heavy (non-hydrogen) atoms. The number of hydrogen-bond donors (Lipinski definition) is 1. The maximum Gasteiger partial charge on any atom is 0.411 e. The first-order valence-corrected chi connectivity index (χ1v) is 9.79. The van der Waals surface area contributed by atoms with Gasteiger partial charge in [-0.25, -0.2) is 4.79 Å². The van der Waals surface area contributed by atoms with Crippen molar-refractivity contribution >= 4 is 27.9 Å². The standard InChI is InChI=1S/C21H23BrN2O3/c1-15(16-7-9-18(22)10-8-16)24-14-13-21(27-20(24)26,12-11-19(23)25)17-5-3-2-4-6-17/h2-10,15H,11-14H2,1H3,(H2,23,25). The van der Waals surface area contributed by atoms with Crippen molar-refractivity contribution in [2.24, 2.45) is 5.73 Å². The molecule has 1 fully saturated rings. The summed E-state index contributed by atoms with van der Waals surface area (Å²) < 4.78 is 6.95. The number of hydrogen-bond acceptors (Lipinski definition) is 3. The Hall–Kier alpha value is -2.34. The van der Waals surface area contributed by atoms with Gasteiger partial charge in [0.05, 0.1) is 6.04 Å². The van der Waals surface area contributed by atoms with Crippen LogP contribution in [0.15, 0.2) is 59.1 Å². The van der Waals surface area contributed by atoms with Gasteiger partial charge in [0, 0.05) is 30.3 Å². The summed E-state index contributed by atoms with van der Waals surface area (Å²) in [4.78, 5) is 26.0. The highest BCUT2D eigenvalue weighted by Crippen LogP contribution is 2.40. The second-order valence-electron chi connectivity index (χ2n) is 6.87. The number of primary amides is 1. The quantitative estimate of drug-likeness (QED) is 0.732. The molecular weight excluding hydrogens is 408 g/mol. The van der Waals surface area contributed by atoms with Gasteiger partial charge in [0.2, 0.25) is 5.91 Å². The number of carbonyl (C=O) groups is 2. The molecule has 2 amide bonds. The van der Waals surface area contributed by atoms with Crippen molar-refractivity contribution in [1.29, 1.82) is 0 Å². The lowest BCUT2D eigenvalue weighted by Crippen LogP contribution is -2.49. The van der Waals surface area contributed by atoms with Gasteiger partial charge in [-0.05, 0) is 30.2 Å². The van der Waals surface area contributed by atoms with E-state index in [1.165, 1.54) is 0 Å². The van der Waals surface area contributed by atoms with E-state index in [4.69, 9.17) is 10.5 Å². The van der Waals surface area contributed by atoms with E-state index < -0.39 is 11.5 Å². The first-order chi connectivity index (χ1) is 12.9. The molecule has 2 atom stereocenters. The summed E-state index contributed by atoms with van der Waals surface area (Å²) >= 11 is 3.43. The van der Waals surface area contributed by atoms with Crippen molar-refractivity contribution < 1.29 is 14.3 Å². The first kappa shape index (κ1) is 19.4. The predicted molar refractivity (Wildman–Crippen MR) is 107 cm³/mol. The maximum absolute atomic E-state index is 12.9. The van der Waals surface area contributed by atoms with Crippen LogP contribution in [0.4, 0.5) is 4.79 Å². The van der Waals surface area contributed by atoms with E-state index in [1.54, 1.807) is 4.90 Å². The molecule has 1 aliphatic rings. The Morgan fingerprint density at radius 3 is 2.48 bits per heavy atom. The number of ether oxygens (including phenoxy) is 1. The summed E-state index contributed by atoms with van der Waals surface area (Å²) in [7, 11) is 0. The Morgan fingerprint density at radius 1 is 1.22 bits per heavy atom. The molecule has 3 rings (SSSR count). The van der Waals surface area contributed by atoms with E-state index in [9.17, 15) is 9.59 Å². The van der Waals surface area contributed by atoms with Crippen molar-refractivity contribution in [2.45, 2.75) is 37.8 Å². The molecule has 2 N–H and O–H groups in total. The summed E-state index contributed by atoms with van der Waals surface area (Å²) in [5, 5.41) is 0. The molecule has 1 heterocycles. The molecule has 0 radical (unpaired) electrons. The van der Waals surface area contributed by atoms with E-state index >= 15 is 0 Å². The van der Waals surface area contributed by atoms with E-state index in [0.717, 1.165) is 15.6 Å². The maximum atomic E-state index is 12.9. The van der Waals surface area contributed by atoms with Crippen LogP contribution >= 0.6 is 15.9 Å². The number of nitrogens with two attached hydrogens (primary N) is 1. The molecule has 142 valence electrons. The fraction of sp³-hybridized carbons (Fsp3) is 0.333. The van der Waals surface area contributed by atoms with Crippen molar-refractivity contribution in [1.82, 2.24) is 4.90 Å². The largest absolute Gasteiger partial charge is 0.438 e. The van der Waals surface area contributed by atoms with Crippen molar-refractivity contribution in [3.05, 3.63) is 70.2 Å². The molecule has 2 aromatic carbocycles. The van der Waals surface area contributed by atoms with Crippen LogP contribution in [0.25, 0.3) is 0 Å². The molecule has 2 aromatic rings. The number of nitrogens with zero attached hydrogens (tertiary/aromatic N) is 1. The average molecular weight is 431 g/mol. The van der Waals surface area contributed by atoms with Gasteiger partial charge in [-0.2, -0.15) is 0 Å². The van der Waals surface area contributed by atoms with Crippen molar-refractivity contribution in [3.8, 4) is 0 Å². The number of carbonyl (C=O) groups excluding carboxylic acids is 2. The zero-order chi connectivity index (χ0) is 19.4. The average Bonchev–Trinajstić information content (AvgIpc) is 2.67. The van der Waals surface area contributed by atoms with Crippen molar-refractivity contribution in [3.63, 3.8) is 0 Å². The van der Waals surface area contributed by atoms with Gasteiger partial charge in [-0.3, -0.25) is 4.79 Å². The van der Waals surface area contributed by atoms with Crippen LogP contribution in [0, 0.1) is 0 Å².